The van der Waals surface area contributed by atoms with Gasteiger partial charge < -0.3 is 0 Å². The number of carbonyl (C=O) groups is 1. The Morgan fingerprint density at radius 1 is 1.47 bits per heavy atom. The largest absolute Gasteiger partial charge is 0.292 e. The molecule has 0 unspecified atom stereocenters. The maximum Gasteiger partial charge on any atom is 0.185 e. The van der Waals surface area contributed by atoms with Gasteiger partial charge in [0.15, 0.2) is 5.78 Å². The molecule has 0 N–H and O–H groups in total. The van der Waals surface area contributed by atoms with E-state index in [1.54, 1.807) is 25.4 Å². The topological polar surface area (TPSA) is 34.9 Å². The minimum absolute atomic E-state index is 0.0442. The molecule has 0 aliphatic rings. The molecule has 0 aliphatic heterocycles. The van der Waals surface area contributed by atoms with Gasteiger partial charge in [-0.3, -0.25) is 9.48 Å². The lowest BCUT2D eigenvalue weighted by Gasteiger charge is -2.04. The highest BCUT2D eigenvalue weighted by Gasteiger charge is 2.12. The number of carbonyl (C=O) groups excluding carboxylic acids is 1. The molecule has 0 saturated heterocycles. The fourth-order valence-electron chi connectivity index (χ4n) is 1.58. The Bertz CT molecular complexity index is 565. The van der Waals surface area contributed by atoms with Crippen molar-refractivity contribution in [1.82, 2.24) is 9.78 Å². The molecule has 17 heavy (non-hydrogen) atoms. The Balaban J connectivity index is 2.22. The zero-order valence-corrected chi connectivity index (χ0v) is 10.7. The summed E-state index contributed by atoms with van der Waals surface area (Å²) in [5.41, 5.74) is 1.30. The molecule has 0 spiro atoms. The average molecular weight is 297 g/mol. The number of Topliss-reactive ketones (excluding diaryl/α,β-unsaturated/α-hetero) is 1. The van der Waals surface area contributed by atoms with E-state index in [0.29, 0.717) is 10.2 Å². The van der Waals surface area contributed by atoms with Crippen LogP contribution in [0.2, 0.25) is 0 Å². The molecular weight excluding hydrogens is 287 g/mol. The van der Waals surface area contributed by atoms with Crippen LogP contribution in [0.5, 0.6) is 0 Å². The third-order valence-corrected chi connectivity index (χ3v) is 3.21. The smallest absolute Gasteiger partial charge is 0.185 e. The van der Waals surface area contributed by atoms with Crippen molar-refractivity contribution in [1.29, 1.82) is 0 Å². The maximum absolute atomic E-state index is 12.9. The Labute approximate surface area is 106 Å². The molecule has 0 atom stereocenters. The Morgan fingerprint density at radius 3 is 2.82 bits per heavy atom. The number of hydrogen-bond donors (Lipinski definition) is 0. The lowest BCUT2D eigenvalue weighted by atomic mass is 10.1. The van der Waals surface area contributed by atoms with Gasteiger partial charge in [0.1, 0.15) is 11.5 Å². The van der Waals surface area contributed by atoms with Crippen molar-refractivity contribution in [2.45, 2.75) is 6.42 Å². The number of nitrogens with zero attached hydrogens (tertiary/aromatic N) is 2. The van der Waals surface area contributed by atoms with E-state index in [0.717, 1.165) is 5.56 Å². The van der Waals surface area contributed by atoms with Crippen LogP contribution < -0.4 is 0 Å². The molecular formula is C12H10BrFN2O. The Kier molecular flexibility index (Phi) is 3.38. The van der Waals surface area contributed by atoms with Gasteiger partial charge in [0.2, 0.25) is 0 Å². The molecule has 2 rings (SSSR count). The van der Waals surface area contributed by atoms with Crippen LogP contribution in [0.3, 0.4) is 0 Å². The van der Waals surface area contributed by atoms with Crippen LogP contribution in [0, 0.1) is 5.82 Å². The van der Waals surface area contributed by atoms with E-state index in [1.807, 2.05) is 0 Å². The number of ketones is 1. The van der Waals surface area contributed by atoms with Crippen molar-refractivity contribution >= 4 is 21.7 Å². The van der Waals surface area contributed by atoms with Crippen LogP contribution in [0.4, 0.5) is 4.39 Å². The molecule has 88 valence electrons. The van der Waals surface area contributed by atoms with E-state index in [9.17, 15) is 9.18 Å². The van der Waals surface area contributed by atoms with Crippen molar-refractivity contribution in [2.75, 3.05) is 0 Å². The van der Waals surface area contributed by atoms with Crippen LogP contribution in [0.25, 0.3) is 0 Å². The molecule has 0 amide bonds. The van der Waals surface area contributed by atoms with Crippen LogP contribution in [-0.2, 0) is 13.5 Å². The Hall–Kier alpha value is -1.49. The van der Waals surface area contributed by atoms with E-state index in [4.69, 9.17) is 0 Å². The summed E-state index contributed by atoms with van der Waals surface area (Å²) in [5.74, 6) is -0.370. The molecule has 3 nitrogen and oxygen atoms in total. The summed E-state index contributed by atoms with van der Waals surface area (Å²) >= 11 is 3.24. The third kappa shape index (κ3) is 2.61. The van der Waals surface area contributed by atoms with Gasteiger partial charge in [0, 0.05) is 24.1 Å². The van der Waals surface area contributed by atoms with Crippen LogP contribution in [-0.4, -0.2) is 15.6 Å². The zero-order valence-electron chi connectivity index (χ0n) is 9.15. The summed E-state index contributed by atoms with van der Waals surface area (Å²) in [4.78, 5) is 12.0. The first-order valence-corrected chi connectivity index (χ1v) is 5.82. The molecule has 0 radical (unpaired) electrons. The predicted octanol–water partition coefficient (Wildman–Crippen LogP) is 2.75. The quantitative estimate of drug-likeness (QED) is 0.817. The van der Waals surface area contributed by atoms with Gasteiger partial charge in [-0.25, -0.2) is 4.39 Å². The molecule has 5 heteroatoms. The summed E-state index contributed by atoms with van der Waals surface area (Å²) in [7, 11) is 1.72. The van der Waals surface area contributed by atoms with E-state index >= 15 is 0 Å². The summed E-state index contributed by atoms with van der Waals surface area (Å²) in [6, 6.07) is 5.97. The number of benzene rings is 1. The third-order valence-electron chi connectivity index (χ3n) is 2.47. The van der Waals surface area contributed by atoms with E-state index in [1.165, 1.54) is 16.8 Å². The van der Waals surface area contributed by atoms with E-state index < -0.39 is 0 Å². The van der Waals surface area contributed by atoms with Gasteiger partial charge in [-0.1, -0.05) is 22.0 Å². The van der Waals surface area contributed by atoms with Gasteiger partial charge >= 0.3 is 0 Å². The second kappa shape index (κ2) is 4.79. The number of hydrogen-bond acceptors (Lipinski definition) is 2. The summed E-state index contributed by atoms with van der Waals surface area (Å²) < 4.78 is 15.0. The van der Waals surface area contributed by atoms with Gasteiger partial charge in [0.25, 0.3) is 0 Å². The first kappa shape index (κ1) is 12.0. The maximum atomic E-state index is 12.9. The molecule has 0 bridgehead atoms. The van der Waals surface area contributed by atoms with Crippen molar-refractivity contribution in [2.24, 2.45) is 7.05 Å². The second-order valence-electron chi connectivity index (χ2n) is 3.68. The monoisotopic (exact) mass is 296 g/mol. The van der Waals surface area contributed by atoms with Gasteiger partial charge in [-0.15, -0.1) is 0 Å². The number of halogens is 2. The fourth-order valence-corrected chi connectivity index (χ4v) is 2.07. The van der Waals surface area contributed by atoms with Crippen molar-refractivity contribution < 1.29 is 9.18 Å². The average Bonchev–Trinajstić information content (AvgIpc) is 2.68. The standard InChI is InChI=1S/C12H10BrFN2O/c1-16-11(4-5-15-16)12(17)6-8-2-3-9(14)7-10(8)13/h2-5,7H,6H2,1H3. The molecule has 1 heterocycles. The normalized spacial score (nSPS) is 10.5. The van der Waals surface area contributed by atoms with Gasteiger partial charge in [0.05, 0.1) is 0 Å². The highest BCUT2D eigenvalue weighted by molar-refractivity contribution is 9.10. The highest BCUT2D eigenvalue weighted by Crippen LogP contribution is 2.19. The fraction of sp³-hybridized carbons (Fsp3) is 0.167. The van der Waals surface area contributed by atoms with E-state index in [-0.39, 0.29) is 18.0 Å². The lowest BCUT2D eigenvalue weighted by Crippen LogP contribution is -2.10. The molecule has 1 aromatic heterocycles. The van der Waals surface area contributed by atoms with Crippen molar-refractivity contribution in [3.8, 4) is 0 Å². The summed E-state index contributed by atoms with van der Waals surface area (Å²) in [5, 5.41) is 3.94. The second-order valence-corrected chi connectivity index (χ2v) is 4.53. The predicted molar refractivity (Wildman–Crippen MR) is 65.3 cm³/mol. The molecule has 2 aromatic rings. The molecule has 0 aliphatic carbocycles. The highest BCUT2D eigenvalue weighted by atomic mass is 79.9. The van der Waals surface area contributed by atoms with Gasteiger partial charge in [-0.05, 0) is 23.8 Å². The SMILES string of the molecule is Cn1nccc1C(=O)Cc1ccc(F)cc1Br. The van der Waals surface area contributed by atoms with Gasteiger partial charge in [-0.2, -0.15) is 5.10 Å². The minimum atomic E-state index is -0.325. The first-order valence-electron chi connectivity index (χ1n) is 5.03. The molecule has 1 aromatic carbocycles. The molecule has 0 fully saturated rings. The summed E-state index contributed by atoms with van der Waals surface area (Å²) in [6.07, 6.45) is 1.80. The minimum Gasteiger partial charge on any atom is -0.292 e. The van der Waals surface area contributed by atoms with Crippen molar-refractivity contribution in [3.63, 3.8) is 0 Å². The number of aromatic nitrogens is 2. The van der Waals surface area contributed by atoms with Crippen molar-refractivity contribution in [3.05, 3.63) is 52.0 Å². The number of aryl methyl sites for hydroxylation is 1. The Morgan fingerprint density at radius 2 is 2.24 bits per heavy atom. The lowest BCUT2D eigenvalue weighted by molar-refractivity contribution is 0.0984. The van der Waals surface area contributed by atoms with Crippen LogP contribution in [0.1, 0.15) is 16.1 Å². The van der Waals surface area contributed by atoms with Crippen LogP contribution >= 0.6 is 15.9 Å². The zero-order chi connectivity index (χ0) is 12.4. The van der Waals surface area contributed by atoms with E-state index in [2.05, 4.69) is 21.0 Å². The van der Waals surface area contributed by atoms with Crippen LogP contribution in [0.15, 0.2) is 34.9 Å². The first-order chi connectivity index (χ1) is 8.08. The number of rotatable bonds is 3. The molecule has 0 saturated carbocycles. The summed E-state index contributed by atoms with van der Waals surface area (Å²) in [6.45, 7) is 0.